The van der Waals surface area contributed by atoms with Gasteiger partial charge in [-0.1, -0.05) is 72.8 Å². The fraction of sp³-hybridized carbons (Fsp3) is 0.250. The first-order chi connectivity index (χ1) is 12.8. The van der Waals surface area contributed by atoms with Crippen LogP contribution in [0.5, 0.6) is 5.75 Å². The molecule has 0 saturated carbocycles. The van der Waals surface area contributed by atoms with Crippen LogP contribution in [0.1, 0.15) is 28.7 Å². The third-order valence-electron chi connectivity index (χ3n) is 5.41. The van der Waals surface area contributed by atoms with Crippen LogP contribution in [0.2, 0.25) is 0 Å². The number of hydrogen-bond acceptors (Lipinski definition) is 2. The lowest BCUT2D eigenvalue weighted by Gasteiger charge is -2.35. The molecule has 0 heterocycles. The molecule has 2 heteroatoms. The van der Waals surface area contributed by atoms with Crippen molar-refractivity contribution in [3.8, 4) is 5.75 Å². The molecule has 3 aromatic rings. The Morgan fingerprint density at radius 1 is 0.769 bits per heavy atom. The standard InChI is InChI=1S/C24H25NO/c26-24-13-7-12-21-14-15-22(16-23(21)24)25(17-19-8-3-1-4-9-19)18-20-10-5-2-6-11-20/h1-13,22,26H,14-18H2/t22-/m0/s1. The summed E-state index contributed by atoms with van der Waals surface area (Å²) in [7, 11) is 0. The Bertz CT molecular complexity index is 803. The third kappa shape index (κ3) is 3.81. The fourth-order valence-corrected chi connectivity index (χ4v) is 4.01. The number of rotatable bonds is 5. The molecule has 0 unspecified atom stereocenters. The van der Waals surface area contributed by atoms with E-state index < -0.39 is 0 Å². The quantitative estimate of drug-likeness (QED) is 0.708. The average Bonchev–Trinajstić information content (AvgIpc) is 2.69. The van der Waals surface area contributed by atoms with Gasteiger partial charge in [-0.25, -0.2) is 0 Å². The Kier molecular flexibility index (Phi) is 5.03. The number of phenolic OH excluding ortho intramolecular Hbond substituents is 1. The van der Waals surface area contributed by atoms with E-state index in [1.54, 1.807) is 0 Å². The van der Waals surface area contributed by atoms with Crippen LogP contribution in [0.15, 0.2) is 78.9 Å². The molecule has 1 N–H and O–H groups in total. The second-order valence-electron chi connectivity index (χ2n) is 7.19. The summed E-state index contributed by atoms with van der Waals surface area (Å²) < 4.78 is 0. The van der Waals surface area contributed by atoms with Crippen LogP contribution < -0.4 is 0 Å². The molecule has 0 fully saturated rings. The smallest absolute Gasteiger partial charge is 0.119 e. The van der Waals surface area contributed by atoms with Crippen molar-refractivity contribution in [1.82, 2.24) is 4.90 Å². The van der Waals surface area contributed by atoms with E-state index in [9.17, 15) is 5.11 Å². The molecule has 0 radical (unpaired) electrons. The molecule has 1 aliphatic carbocycles. The molecule has 0 aliphatic heterocycles. The maximum Gasteiger partial charge on any atom is 0.119 e. The summed E-state index contributed by atoms with van der Waals surface area (Å²) in [5.41, 5.74) is 5.12. The largest absolute Gasteiger partial charge is 0.508 e. The predicted molar refractivity (Wildman–Crippen MR) is 106 cm³/mol. The van der Waals surface area contributed by atoms with Gasteiger partial charge < -0.3 is 5.11 Å². The Hall–Kier alpha value is -2.58. The van der Waals surface area contributed by atoms with Gasteiger partial charge in [0.25, 0.3) is 0 Å². The summed E-state index contributed by atoms with van der Waals surface area (Å²) >= 11 is 0. The highest BCUT2D eigenvalue weighted by Gasteiger charge is 2.26. The Morgan fingerprint density at radius 2 is 1.38 bits per heavy atom. The van der Waals surface area contributed by atoms with E-state index in [4.69, 9.17) is 0 Å². The second-order valence-corrected chi connectivity index (χ2v) is 7.19. The summed E-state index contributed by atoms with van der Waals surface area (Å²) in [5.74, 6) is 0.451. The molecule has 3 aromatic carbocycles. The molecule has 4 rings (SSSR count). The van der Waals surface area contributed by atoms with E-state index in [1.165, 1.54) is 16.7 Å². The highest BCUT2D eigenvalue weighted by Crippen LogP contribution is 2.32. The summed E-state index contributed by atoms with van der Waals surface area (Å²) in [6.07, 6.45) is 3.09. The van der Waals surface area contributed by atoms with Crippen molar-refractivity contribution in [3.05, 3.63) is 101 Å². The minimum Gasteiger partial charge on any atom is -0.508 e. The van der Waals surface area contributed by atoms with Gasteiger partial charge in [0, 0.05) is 19.1 Å². The normalized spacial score (nSPS) is 16.4. The highest BCUT2D eigenvalue weighted by molar-refractivity contribution is 5.41. The minimum absolute atomic E-state index is 0.441. The lowest BCUT2D eigenvalue weighted by atomic mass is 9.86. The fourth-order valence-electron chi connectivity index (χ4n) is 4.01. The van der Waals surface area contributed by atoms with Gasteiger partial charge >= 0.3 is 0 Å². The number of hydrogen-bond donors (Lipinski definition) is 1. The number of aryl methyl sites for hydroxylation is 1. The van der Waals surface area contributed by atoms with Crippen molar-refractivity contribution in [3.63, 3.8) is 0 Å². The lowest BCUT2D eigenvalue weighted by molar-refractivity contribution is 0.161. The molecule has 1 aliphatic rings. The second kappa shape index (κ2) is 7.76. The van der Waals surface area contributed by atoms with E-state index in [0.717, 1.165) is 37.9 Å². The van der Waals surface area contributed by atoms with E-state index in [2.05, 4.69) is 71.6 Å². The molecular formula is C24H25NO. The summed E-state index contributed by atoms with van der Waals surface area (Å²) in [5, 5.41) is 10.3. The van der Waals surface area contributed by atoms with Crippen molar-refractivity contribution >= 4 is 0 Å². The number of benzene rings is 3. The summed E-state index contributed by atoms with van der Waals surface area (Å²) in [6, 6.07) is 27.8. The van der Waals surface area contributed by atoms with E-state index in [1.807, 2.05) is 12.1 Å². The molecule has 1 atom stereocenters. The van der Waals surface area contributed by atoms with Crippen molar-refractivity contribution in [2.45, 2.75) is 38.4 Å². The summed E-state index contributed by atoms with van der Waals surface area (Å²) in [6.45, 7) is 1.87. The molecule has 0 amide bonds. The van der Waals surface area contributed by atoms with Crippen LogP contribution in [-0.2, 0) is 25.9 Å². The Balaban J connectivity index is 1.59. The van der Waals surface area contributed by atoms with Crippen LogP contribution in [0.3, 0.4) is 0 Å². The predicted octanol–water partition coefficient (Wildman–Crippen LogP) is 4.95. The maximum absolute atomic E-state index is 10.3. The number of aromatic hydroxyl groups is 1. The van der Waals surface area contributed by atoms with Crippen molar-refractivity contribution in [2.24, 2.45) is 0 Å². The van der Waals surface area contributed by atoms with E-state index in [-0.39, 0.29) is 0 Å². The van der Waals surface area contributed by atoms with Crippen LogP contribution in [0.25, 0.3) is 0 Å². The first-order valence-corrected chi connectivity index (χ1v) is 9.41. The van der Waals surface area contributed by atoms with Crippen molar-refractivity contribution in [2.75, 3.05) is 0 Å². The first kappa shape index (κ1) is 16.9. The molecule has 26 heavy (non-hydrogen) atoms. The van der Waals surface area contributed by atoms with Crippen molar-refractivity contribution in [1.29, 1.82) is 0 Å². The van der Waals surface area contributed by atoms with Gasteiger partial charge in [-0.2, -0.15) is 0 Å². The van der Waals surface area contributed by atoms with E-state index >= 15 is 0 Å². The maximum atomic E-state index is 10.3. The SMILES string of the molecule is Oc1cccc2c1C[C@@H](N(Cc1ccccc1)Cc1ccccc1)CC2. The number of fused-ring (bicyclic) bond motifs is 1. The van der Waals surface area contributed by atoms with Gasteiger partial charge in [-0.3, -0.25) is 4.90 Å². The van der Waals surface area contributed by atoms with Gasteiger partial charge in [0.1, 0.15) is 5.75 Å². The van der Waals surface area contributed by atoms with Gasteiger partial charge in [0.15, 0.2) is 0 Å². The van der Waals surface area contributed by atoms with Crippen LogP contribution >= 0.6 is 0 Å². The zero-order chi connectivity index (χ0) is 17.8. The average molecular weight is 343 g/mol. The molecule has 132 valence electrons. The van der Waals surface area contributed by atoms with Crippen LogP contribution in [-0.4, -0.2) is 16.0 Å². The van der Waals surface area contributed by atoms with Crippen molar-refractivity contribution < 1.29 is 5.11 Å². The molecular weight excluding hydrogens is 318 g/mol. The van der Waals surface area contributed by atoms with Crippen LogP contribution in [0.4, 0.5) is 0 Å². The van der Waals surface area contributed by atoms with Gasteiger partial charge in [-0.05, 0) is 47.6 Å². The molecule has 2 nitrogen and oxygen atoms in total. The van der Waals surface area contributed by atoms with Crippen LogP contribution in [0, 0.1) is 0 Å². The first-order valence-electron chi connectivity index (χ1n) is 9.41. The third-order valence-corrected chi connectivity index (χ3v) is 5.41. The Labute approximate surface area is 155 Å². The molecule has 0 spiro atoms. The van der Waals surface area contributed by atoms with Gasteiger partial charge in [0.2, 0.25) is 0 Å². The zero-order valence-electron chi connectivity index (χ0n) is 15.0. The molecule has 0 saturated heterocycles. The topological polar surface area (TPSA) is 23.5 Å². The monoisotopic (exact) mass is 343 g/mol. The molecule has 0 aromatic heterocycles. The van der Waals surface area contributed by atoms with E-state index in [0.29, 0.717) is 11.8 Å². The number of phenols is 1. The zero-order valence-corrected chi connectivity index (χ0v) is 15.0. The van der Waals surface area contributed by atoms with Gasteiger partial charge in [0.05, 0.1) is 0 Å². The van der Waals surface area contributed by atoms with Gasteiger partial charge in [-0.15, -0.1) is 0 Å². The minimum atomic E-state index is 0.441. The Morgan fingerprint density at radius 3 is 2.00 bits per heavy atom. The highest BCUT2D eigenvalue weighted by atomic mass is 16.3. The lowest BCUT2D eigenvalue weighted by Crippen LogP contribution is -2.38. The number of nitrogens with zero attached hydrogens (tertiary/aromatic N) is 1. The molecule has 0 bridgehead atoms. The summed E-state index contributed by atoms with van der Waals surface area (Å²) in [4.78, 5) is 2.57.